The topological polar surface area (TPSA) is 66.9 Å². The summed E-state index contributed by atoms with van der Waals surface area (Å²) in [7, 11) is 4.49. The Balaban J connectivity index is 2.22. The van der Waals surface area contributed by atoms with Crippen LogP contribution in [0.25, 0.3) is 0 Å². The number of hydrogen-bond donors (Lipinski definition) is 0. The third-order valence-electron chi connectivity index (χ3n) is 3.10. The van der Waals surface area contributed by atoms with Crippen molar-refractivity contribution >= 4 is 17.3 Å². The van der Waals surface area contributed by atoms with Gasteiger partial charge in [0.2, 0.25) is 0 Å². The molecule has 0 amide bonds. The van der Waals surface area contributed by atoms with E-state index in [1.165, 1.54) is 32.7 Å². The minimum Gasteiger partial charge on any atom is -0.496 e. The summed E-state index contributed by atoms with van der Waals surface area (Å²) in [6, 6.07) is 3.13. The van der Waals surface area contributed by atoms with E-state index in [1.807, 2.05) is 6.92 Å². The Labute approximate surface area is 132 Å². The van der Waals surface area contributed by atoms with Gasteiger partial charge in [0.1, 0.15) is 17.9 Å². The van der Waals surface area contributed by atoms with Gasteiger partial charge >= 0.3 is 5.97 Å². The van der Waals surface area contributed by atoms with Gasteiger partial charge in [0, 0.05) is 12.1 Å². The van der Waals surface area contributed by atoms with Crippen molar-refractivity contribution in [3.8, 4) is 17.2 Å². The molecule has 0 unspecified atom stereocenters. The van der Waals surface area contributed by atoms with Gasteiger partial charge in [-0.2, -0.15) is 0 Å². The van der Waals surface area contributed by atoms with Crippen LogP contribution in [0.15, 0.2) is 17.6 Å². The Morgan fingerprint density at radius 1 is 1.09 bits per heavy atom. The van der Waals surface area contributed by atoms with Crippen LogP contribution in [0.5, 0.6) is 17.2 Å². The van der Waals surface area contributed by atoms with Gasteiger partial charge in [0.25, 0.3) is 0 Å². The molecular weight excluding hydrogens is 306 g/mol. The van der Waals surface area contributed by atoms with Gasteiger partial charge in [-0.3, -0.25) is 0 Å². The maximum atomic E-state index is 12.3. The lowest BCUT2D eigenvalue weighted by molar-refractivity contribution is 0.0472. The summed E-state index contributed by atoms with van der Waals surface area (Å²) in [6.45, 7) is 2.05. The molecule has 2 aromatic rings. The Morgan fingerprint density at radius 3 is 2.27 bits per heavy atom. The zero-order valence-corrected chi connectivity index (χ0v) is 13.7. The highest BCUT2D eigenvalue weighted by molar-refractivity contribution is 7.09. The number of benzene rings is 1. The van der Waals surface area contributed by atoms with Crippen molar-refractivity contribution < 1.29 is 23.7 Å². The van der Waals surface area contributed by atoms with E-state index in [2.05, 4.69) is 4.98 Å². The van der Waals surface area contributed by atoms with Crippen molar-refractivity contribution in [3.05, 3.63) is 33.8 Å². The number of hydrogen-bond acceptors (Lipinski definition) is 7. The second-order valence-corrected chi connectivity index (χ2v) is 5.28. The third-order valence-corrected chi connectivity index (χ3v) is 4.01. The maximum Gasteiger partial charge on any atom is 0.342 e. The van der Waals surface area contributed by atoms with E-state index in [-0.39, 0.29) is 12.2 Å². The molecule has 0 radical (unpaired) electrons. The van der Waals surface area contributed by atoms with Crippen LogP contribution in [-0.4, -0.2) is 32.3 Å². The second kappa shape index (κ2) is 7.13. The number of aromatic nitrogens is 1. The van der Waals surface area contributed by atoms with Crippen molar-refractivity contribution in [3.63, 3.8) is 0 Å². The second-order valence-electron chi connectivity index (χ2n) is 4.34. The number of carbonyl (C=O) groups excluding carboxylic acids is 1. The quantitative estimate of drug-likeness (QED) is 0.762. The number of rotatable bonds is 6. The number of carbonyl (C=O) groups is 1. The molecule has 1 aromatic heterocycles. The molecule has 0 N–H and O–H groups in total. The largest absolute Gasteiger partial charge is 0.496 e. The third kappa shape index (κ3) is 3.30. The molecule has 1 heterocycles. The molecule has 1 aromatic carbocycles. The fourth-order valence-electron chi connectivity index (χ4n) is 1.86. The predicted octanol–water partition coefficient (Wildman–Crippen LogP) is 2.83. The summed E-state index contributed by atoms with van der Waals surface area (Å²) in [6.07, 6.45) is 0. The highest BCUT2D eigenvalue weighted by atomic mass is 32.1. The molecular formula is C15H17NO5S. The van der Waals surface area contributed by atoms with Gasteiger partial charge in [-0.15, -0.1) is 11.3 Å². The number of thiazole rings is 1. The molecule has 0 atom stereocenters. The van der Waals surface area contributed by atoms with Crippen molar-refractivity contribution in [1.29, 1.82) is 0 Å². The zero-order chi connectivity index (χ0) is 16.1. The minimum absolute atomic E-state index is 0.173. The van der Waals surface area contributed by atoms with Crippen LogP contribution in [0.3, 0.4) is 0 Å². The highest BCUT2D eigenvalue weighted by Crippen LogP contribution is 2.35. The number of methoxy groups -OCH3 is 3. The SMILES string of the molecule is COc1cc(OC)c(C(=O)OCc2scnc2C)cc1OC. The first-order valence-corrected chi connectivity index (χ1v) is 7.34. The molecule has 0 bridgehead atoms. The Morgan fingerprint density at radius 2 is 1.73 bits per heavy atom. The first-order valence-electron chi connectivity index (χ1n) is 6.46. The molecule has 0 aliphatic rings. The lowest BCUT2D eigenvalue weighted by Crippen LogP contribution is -2.08. The van der Waals surface area contributed by atoms with E-state index in [4.69, 9.17) is 18.9 Å². The van der Waals surface area contributed by atoms with Gasteiger partial charge in [0.15, 0.2) is 11.5 Å². The lowest BCUT2D eigenvalue weighted by atomic mass is 10.1. The van der Waals surface area contributed by atoms with E-state index in [0.717, 1.165) is 10.6 Å². The average Bonchev–Trinajstić information content (AvgIpc) is 2.96. The number of ether oxygens (including phenoxy) is 4. The minimum atomic E-state index is -0.495. The van der Waals surface area contributed by atoms with E-state index >= 15 is 0 Å². The fraction of sp³-hybridized carbons (Fsp3) is 0.333. The number of aryl methyl sites for hydroxylation is 1. The summed E-state index contributed by atoms with van der Waals surface area (Å²) >= 11 is 1.45. The lowest BCUT2D eigenvalue weighted by Gasteiger charge is -2.13. The summed E-state index contributed by atoms with van der Waals surface area (Å²) in [4.78, 5) is 17.3. The standard InChI is InChI=1S/C15H17NO5S/c1-9-14(22-8-16-9)7-21-15(17)10-5-12(19-3)13(20-4)6-11(10)18-2/h5-6,8H,7H2,1-4H3. The van der Waals surface area contributed by atoms with Gasteiger partial charge < -0.3 is 18.9 Å². The van der Waals surface area contributed by atoms with Gasteiger partial charge in [0.05, 0.1) is 37.4 Å². The Kier molecular flexibility index (Phi) is 5.21. The maximum absolute atomic E-state index is 12.3. The molecule has 118 valence electrons. The number of esters is 1. The fourth-order valence-corrected chi connectivity index (χ4v) is 2.55. The highest BCUT2D eigenvalue weighted by Gasteiger charge is 2.19. The average molecular weight is 323 g/mol. The van der Waals surface area contributed by atoms with Gasteiger partial charge in [-0.25, -0.2) is 9.78 Å². The molecule has 0 aliphatic heterocycles. The zero-order valence-electron chi connectivity index (χ0n) is 12.8. The van der Waals surface area contributed by atoms with Crippen LogP contribution in [0, 0.1) is 6.92 Å². The molecule has 2 rings (SSSR count). The van der Waals surface area contributed by atoms with Crippen LogP contribution in [0.4, 0.5) is 0 Å². The molecule has 0 aliphatic carbocycles. The van der Waals surface area contributed by atoms with E-state index in [0.29, 0.717) is 17.2 Å². The molecule has 0 saturated heterocycles. The normalized spacial score (nSPS) is 10.2. The van der Waals surface area contributed by atoms with Crippen molar-refractivity contribution in [1.82, 2.24) is 4.98 Å². The summed E-state index contributed by atoms with van der Waals surface area (Å²) < 4.78 is 20.9. The monoisotopic (exact) mass is 323 g/mol. The van der Waals surface area contributed by atoms with Crippen molar-refractivity contribution in [2.75, 3.05) is 21.3 Å². The molecule has 7 heteroatoms. The van der Waals surface area contributed by atoms with E-state index in [1.54, 1.807) is 17.6 Å². The molecule has 22 heavy (non-hydrogen) atoms. The molecule has 0 fully saturated rings. The van der Waals surface area contributed by atoms with E-state index in [9.17, 15) is 4.79 Å². The van der Waals surface area contributed by atoms with Crippen LogP contribution in [-0.2, 0) is 11.3 Å². The summed E-state index contributed by atoms with van der Waals surface area (Å²) in [5.41, 5.74) is 2.86. The van der Waals surface area contributed by atoms with Crippen molar-refractivity contribution in [2.24, 2.45) is 0 Å². The van der Waals surface area contributed by atoms with Crippen LogP contribution in [0.2, 0.25) is 0 Å². The Bertz CT molecular complexity index is 668. The smallest absolute Gasteiger partial charge is 0.342 e. The number of nitrogens with zero attached hydrogens (tertiary/aromatic N) is 1. The van der Waals surface area contributed by atoms with Crippen molar-refractivity contribution in [2.45, 2.75) is 13.5 Å². The predicted molar refractivity (Wildman–Crippen MR) is 82.1 cm³/mol. The molecule has 0 spiro atoms. The first-order chi connectivity index (χ1) is 10.6. The van der Waals surface area contributed by atoms with Crippen LogP contribution < -0.4 is 14.2 Å². The van der Waals surface area contributed by atoms with Gasteiger partial charge in [-0.05, 0) is 6.92 Å². The Hall–Kier alpha value is -2.28. The molecule has 0 saturated carbocycles. The van der Waals surface area contributed by atoms with E-state index < -0.39 is 5.97 Å². The van der Waals surface area contributed by atoms with Crippen LogP contribution in [0.1, 0.15) is 20.9 Å². The van der Waals surface area contributed by atoms with Gasteiger partial charge in [-0.1, -0.05) is 0 Å². The molecule has 6 nitrogen and oxygen atoms in total. The summed E-state index contributed by atoms with van der Waals surface area (Å²) in [5, 5.41) is 0. The first kappa shape index (κ1) is 16.1. The summed E-state index contributed by atoms with van der Waals surface area (Å²) in [5.74, 6) is 0.785. The van der Waals surface area contributed by atoms with Crippen LogP contribution >= 0.6 is 11.3 Å².